The summed E-state index contributed by atoms with van der Waals surface area (Å²) in [6.07, 6.45) is 2.75. The van der Waals surface area contributed by atoms with E-state index in [2.05, 4.69) is 6.58 Å². The minimum Gasteiger partial charge on any atom is -0.500 e. The van der Waals surface area contributed by atoms with Crippen molar-refractivity contribution in [3.8, 4) is 6.07 Å². The Labute approximate surface area is 125 Å². The second kappa shape index (κ2) is 8.07. The number of hydrogen-bond acceptors (Lipinski definition) is 6. The van der Waals surface area contributed by atoms with Crippen molar-refractivity contribution in [3.63, 3.8) is 0 Å². The molecule has 0 bridgehead atoms. The van der Waals surface area contributed by atoms with Gasteiger partial charge in [-0.25, -0.2) is 4.79 Å². The molecule has 0 amide bonds. The fraction of sp³-hybridized carbons (Fsp3) is 0.357. The number of carbonyl (C=O) groups is 1. The van der Waals surface area contributed by atoms with Crippen LogP contribution in [0.25, 0.3) is 11.8 Å². The number of esters is 1. The molecule has 0 aliphatic carbocycles. The molecule has 0 aromatic carbocycles. The summed E-state index contributed by atoms with van der Waals surface area (Å²) < 4.78 is 11.9. The van der Waals surface area contributed by atoms with Crippen molar-refractivity contribution in [1.29, 1.82) is 5.26 Å². The van der Waals surface area contributed by atoms with Crippen LogP contribution in [-0.2, 0) is 20.8 Å². The molecule has 0 atom stereocenters. The summed E-state index contributed by atoms with van der Waals surface area (Å²) in [5, 5.41) is 9.18. The van der Waals surface area contributed by atoms with Gasteiger partial charge >= 0.3 is 5.97 Å². The third-order valence-corrected chi connectivity index (χ3v) is 3.55. The van der Waals surface area contributed by atoms with E-state index in [-0.39, 0.29) is 22.4 Å². The van der Waals surface area contributed by atoms with Crippen molar-refractivity contribution in [3.05, 3.63) is 32.2 Å². The number of rotatable bonds is 6. The van der Waals surface area contributed by atoms with Gasteiger partial charge in [0.1, 0.15) is 28.1 Å². The molecule has 0 N–H and O–H groups in total. The number of thiazole rings is 1. The van der Waals surface area contributed by atoms with Crippen molar-refractivity contribution in [2.24, 2.45) is 0 Å². The first-order valence-corrected chi connectivity index (χ1v) is 7.16. The van der Waals surface area contributed by atoms with Crippen LogP contribution in [-0.4, -0.2) is 23.8 Å². The van der Waals surface area contributed by atoms with Crippen LogP contribution >= 0.6 is 11.3 Å². The largest absolute Gasteiger partial charge is 0.500 e. The molecule has 0 saturated carbocycles. The van der Waals surface area contributed by atoms with E-state index < -0.39 is 5.97 Å². The van der Waals surface area contributed by atoms with Crippen LogP contribution in [0.4, 0.5) is 0 Å². The van der Waals surface area contributed by atoms with Crippen LogP contribution in [0.3, 0.4) is 0 Å². The molecule has 1 heterocycles. The quantitative estimate of drug-likeness (QED) is 0.550. The van der Waals surface area contributed by atoms with Crippen LogP contribution in [0, 0.1) is 11.3 Å². The first-order chi connectivity index (χ1) is 10.1. The Bertz CT molecular complexity index is 736. The molecule has 0 aliphatic rings. The summed E-state index contributed by atoms with van der Waals surface area (Å²) in [5.74, 6) is -0.774. The van der Waals surface area contributed by atoms with Gasteiger partial charge < -0.3 is 9.47 Å². The Morgan fingerprint density at radius 3 is 2.76 bits per heavy atom. The predicted octanol–water partition coefficient (Wildman–Crippen LogP) is 0.108. The SMILES string of the molecule is C=CCOC(=O)C(C#N)=c1sc(=COCC)c(=O)n1CC. The van der Waals surface area contributed by atoms with E-state index in [1.54, 1.807) is 19.9 Å². The molecule has 7 heteroatoms. The molecule has 21 heavy (non-hydrogen) atoms. The van der Waals surface area contributed by atoms with E-state index >= 15 is 0 Å². The lowest BCUT2D eigenvalue weighted by Gasteiger charge is -2.00. The second-order valence-electron chi connectivity index (χ2n) is 3.77. The molecule has 0 radical (unpaired) electrons. The highest BCUT2D eigenvalue weighted by Crippen LogP contribution is 1.97. The number of aromatic nitrogens is 1. The molecule has 112 valence electrons. The lowest BCUT2D eigenvalue weighted by Crippen LogP contribution is -2.32. The standard InChI is InChI=1S/C14H16N2O4S/c1-4-7-20-14(18)10(8-15)13-16(5-2)12(17)11(21-13)9-19-6-3/h4,9H,1,5-7H2,2-3H3. The van der Waals surface area contributed by atoms with Crippen molar-refractivity contribution in [2.75, 3.05) is 13.2 Å². The van der Waals surface area contributed by atoms with E-state index in [9.17, 15) is 14.9 Å². The molecule has 1 rings (SSSR count). The van der Waals surface area contributed by atoms with Crippen molar-refractivity contribution < 1.29 is 14.3 Å². The lowest BCUT2D eigenvalue weighted by molar-refractivity contribution is -0.135. The number of ether oxygens (including phenoxy) is 2. The monoisotopic (exact) mass is 308 g/mol. The highest BCUT2D eigenvalue weighted by molar-refractivity contribution is 7.07. The Morgan fingerprint density at radius 1 is 1.52 bits per heavy atom. The maximum Gasteiger partial charge on any atom is 0.352 e. The third-order valence-electron chi connectivity index (χ3n) is 2.44. The summed E-state index contributed by atoms with van der Waals surface area (Å²) in [6.45, 7) is 7.75. The Balaban J connectivity index is 3.55. The molecule has 0 aliphatic heterocycles. The first kappa shape index (κ1) is 16.7. The maximum absolute atomic E-state index is 12.2. The molecular formula is C14H16N2O4S. The summed E-state index contributed by atoms with van der Waals surface area (Å²) in [4.78, 5) is 24.0. The molecule has 0 fully saturated rings. The smallest absolute Gasteiger partial charge is 0.352 e. The topological polar surface area (TPSA) is 81.3 Å². The van der Waals surface area contributed by atoms with E-state index in [1.807, 2.05) is 0 Å². The zero-order valence-corrected chi connectivity index (χ0v) is 12.7. The van der Waals surface area contributed by atoms with Crippen molar-refractivity contribution in [1.82, 2.24) is 4.57 Å². The fourth-order valence-corrected chi connectivity index (χ4v) is 2.60. The van der Waals surface area contributed by atoms with Crippen LogP contribution in [0.2, 0.25) is 0 Å². The van der Waals surface area contributed by atoms with Crippen molar-refractivity contribution in [2.45, 2.75) is 20.4 Å². The molecule has 6 nitrogen and oxygen atoms in total. The zero-order valence-electron chi connectivity index (χ0n) is 11.9. The van der Waals surface area contributed by atoms with Gasteiger partial charge in [0.05, 0.1) is 6.61 Å². The number of hydrogen-bond donors (Lipinski definition) is 0. The van der Waals surface area contributed by atoms with E-state index in [1.165, 1.54) is 16.9 Å². The van der Waals surface area contributed by atoms with E-state index in [0.29, 0.717) is 17.7 Å². The van der Waals surface area contributed by atoms with Gasteiger partial charge in [-0.3, -0.25) is 9.36 Å². The number of carbonyl (C=O) groups excluding carboxylic acids is 1. The average Bonchev–Trinajstić information content (AvgIpc) is 2.79. The van der Waals surface area contributed by atoms with Gasteiger partial charge in [-0.2, -0.15) is 5.26 Å². The number of nitrogens with zero attached hydrogens (tertiary/aromatic N) is 2. The summed E-state index contributed by atoms with van der Waals surface area (Å²) in [5.41, 5.74) is -0.493. The van der Waals surface area contributed by atoms with Crippen molar-refractivity contribution >= 4 is 29.1 Å². The minimum absolute atomic E-state index is 0.00364. The predicted molar refractivity (Wildman–Crippen MR) is 79.8 cm³/mol. The minimum atomic E-state index is -0.774. The highest BCUT2D eigenvalue weighted by atomic mass is 32.1. The van der Waals surface area contributed by atoms with Gasteiger partial charge in [0, 0.05) is 6.54 Å². The van der Waals surface area contributed by atoms with Gasteiger partial charge in [0.2, 0.25) is 0 Å². The molecule has 0 unspecified atom stereocenters. The Morgan fingerprint density at radius 2 is 2.24 bits per heavy atom. The summed E-state index contributed by atoms with van der Waals surface area (Å²) in [6, 6.07) is 1.80. The van der Waals surface area contributed by atoms with Gasteiger partial charge in [0.25, 0.3) is 5.56 Å². The maximum atomic E-state index is 12.2. The van der Waals surface area contributed by atoms with Gasteiger partial charge in [0.15, 0.2) is 5.57 Å². The van der Waals surface area contributed by atoms with E-state index in [0.717, 1.165) is 11.3 Å². The van der Waals surface area contributed by atoms with E-state index in [4.69, 9.17) is 9.47 Å². The summed E-state index contributed by atoms with van der Waals surface area (Å²) in [7, 11) is 0. The second-order valence-corrected chi connectivity index (χ2v) is 4.80. The molecule has 1 aromatic rings. The Hall–Kier alpha value is -2.33. The normalized spacial score (nSPS) is 12.5. The molecule has 0 saturated heterocycles. The summed E-state index contributed by atoms with van der Waals surface area (Å²) >= 11 is 1.03. The molecule has 1 aromatic heterocycles. The van der Waals surface area contributed by atoms with Crippen LogP contribution in [0.15, 0.2) is 17.4 Å². The van der Waals surface area contributed by atoms with Gasteiger partial charge in [-0.05, 0) is 13.8 Å². The zero-order chi connectivity index (χ0) is 15.8. The first-order valence-electron chi connectivity index (χ1n) is 6.34. The fourth-order valence-electron chi connectivity index (χ4n) is 1.52. The van der Waals surface area contributed by atoms with Crippen LogP contribution in [0.1, 0.15) is 13.8 Å². The third kappa shape index (κ3) is 3.83. The molecular weight excluding hydrogens is 292 g/mol. The number of nitriles is 1. The highest BCUT2D eigenvalue weighted by Gasteiger charge is 2.16. The van der Waals surface area contributed by atoms with Gasteiger partial charge in [-0.1, -0.05) is 12.7 Å². The lowest BCUT2D eigenvalue weighted by atomic mass is 10.3. The van der Waals surface area contributed by atoms with Gasteiger partial charge in [-0.15, -0.1) is 11.3 Å². The van der Waals surface area contributed by atoms with Crippen LogP contribution < -0.4 is 14.8 Å². The van der Waals surface area contributed by atoms with Crippen LogP contribution in [0.5, 0.6) is 0 Å². The molecule has 0 spiro atoms. The average molecular weight is 308 g/mol. The Kier molecular flexibility index (Phi) is 6.43.